The van der Waals surface area contributed by atoms with Crippen LogP contribution < -0.4 is 10.6 Å². The first kappa shape index (κ1) is 26.0. The Morgan fingerprint density at radius 3 is 2.64 bits per heavy atom. The van der Waals surface area contributed by atoms with E-state index < -0.39 is 29.6 Å². The topological polar surface area (TPSA) is 117 Å². The highest BCUT2D eigenvalue weighted by molar-refractivity contribution is 5.97. The van der Waals surface area contributed by atoms with Crippen LogP contribution in [0, 0.1) is 17.7 Å². The largest absolute Gasteiger partial charge is 0.344 e. The standard InChI is InChI=1S/C23H32FN5O4/c1-4-5-7-17(14-28(33)15-30)22(31)27-20(12-16(2)3)23(32)26-18-8-9-21(19(24)13-18)29-11-6-10-25-29/h6,8-11,13,15-17,20,33H,4-5,7,12,14H2,1-3H3,(H,26,32)(H,27,31)/t17-,20+/m1/s1. The minimum absolute atomic E-state index is 0.0957. The Labute approximate surface area is 192 Å². The summed E-state index contributed by atoms with van der Waals surface area (Å²) in [7, 11) is 0. The van der Waals surface area contributed by atoms with Gasteiger partial charge in [0.05, 0.1) is 12.5 Å². The second kappa shape index (κ2) is 12.7. The number of anilines is 1. The zero-order valence-electron chi connectivity index (χ0n) is 19.2. The van der Waals surface area contributed by atoms with E-state index in [0.29, 0.717) is 17.9 Å². The highest BCUT2D eigenvalue weighted by Crippen LogP contribution is 2.19. The number of aromatic nitrogens is 2. The fraction of sp³-hybridized carbons (Fsp3) is 0.478. The van der Waals surface area contributed by atoms with Gasteiger partial charge in [-0.3, -0.25) is 19.6 Å². The van der Waals surface area contributed by atoms with E-state index in [-0.39, 0.29) is 30.2 Å². The number of benzene rings is 1. The predicted octanol–water partition coefficient (Wildman–Crippen LogP) is 3.13. The molecule has 2 rings (SSSR count). The Morgan fingerprint density at radius 2 is 2.06 bits per heavy atom. The number of nitrogens with one attached hydrogen (secondary N) is 2. The van der Waals surface area contributed by atoms with Gasteiger partial charge in [-0.2, -0.15) is 5.10 Å². The van der Waals surface area contributed by atoms with Gasteiger partial charge in [-0.05, 0) is 43.0 Å². The van der Waals surface area contributed by atoms with Gasteiger partial charge in [-0.1, -0.05) is 33.6 Å². The van der Waals surface area contributed by atoms with Crippen LogP contribution in [0.4, 0.5) is 10.1 Å². The monoisotopic (exact) mass is 461 g/mol. The number of hydroxylamine groups is 2. The van der Waals surface area contributed by atoms with Crippen LogP contribution in [0.5, 0.6) is 0 Å². The van der Waals surface area contributed by atoms with Crippen molar-refractivity contribution in [3.05, 3.63) is 42.5 Å². The van der Waals surface area contributed by atoms with Crippen molar-refractivity contribution in [1.82, 2.24) is 20.2 Å². The maximum Gasteiger partial charge on any atom is 0.246 e. The molecule has 3 N–H and O–H groups in total. The molecule has 3 amide bonds. The zero-order valence-corrected chi connectivity index (χ0v) is 19.2. The fourth-order valence-electron chi connectivity index (χ4n) is 3.43. The van der Waals surface area contributed by atoms with Gasteiger partial charge in [0.1, 0.15) is 11.7 Å². The molecular formula is C23H32FN5O4. The zero-order chi connectivity index (χ0) is 24.4. The van der Waals surface area contributed by atoms with Gasteiger partial charge in [0.15, 0.2) is 5.82 Å². The van der Waals surface area contributed by atoms with Gasteiger partial charge in [0.25, 0.3) is 0 Å². The second-order valence-corrected chi connectivity index (χ2v) is 8.36. The molecule has 0 unspecified atom stereocenters. The van der Waals surface area contributed by atoms with Crippen LogP contribution in [-0.2, 0) is 14.4 Å². The van der Waals surface area contributed by atoms with Crippen molar-refractivity contribution in [2.45, 2.75) is 52.5 Å². The minimum atomic E-state index is -0.862. The first-order valence-corrected chi connectivity index (χ1v) is 11.1. The molecule has 10 heteroatoms. The van der Waals surface area contributed by atoms with Crippen LogP contribution in [0.1, 0.15) is 46.5 Å². The normalized spacial score (nSPS) is 12.8. The summed E-state index contributed by atoms with van der Waals surface area (Å²) < 4.78 is 15.9. The summed E-state index contributed by atoms with van der Waals surface area (Å²) in [4.78, 5) is 36.6. The average Bonchev–Trinajstić information content (AvgIpc) is 3.30. The number of carbonyl (C=O) groups excluding carboxylic acids is 3. The van der Waals surface area contributed by atoms with Gasteiger partial charge in [0.2, 0.25) is 18.2 Å². The van der Waals surface area contributed by atoms with Crippen LogP contribution in [0.25, 0.3) is 5.69 Å². The molecule has 0 saturated carbocycles. The molecule has 0 saturated heterocycles. The fourth-order valence-corrected chi connectivity index (χ4v) is 3.43. The summed E-state index contributed by atoms with van der Waals surface area (Å²) in [6.45, 7) is 5.64. The van der Waals surface area contributed by atoms with Gasteiger partial charge in [-0.25, -0.2) is 14.1 Å². The summed E-state index contributed by atoms with van der Waals surface area (Å²) in [6, 6.07) is 5.07. The Balaban J connectivity index is 2.12. The van der Waals surface area contributed by atoms with E-state index >= 15 is 0 Å². The quantitative estimate of drug-likeness (QED) is 0.241. The lowest BCUT2D eigenvalue weighted by molar-refractivity contribution is -0.155. The summed E-state index contributed by atoms with van der Waals surface area (Å²) in [5.74, 6) is -2.02. The molecule has 1 heterocycles. The summed E-state index contributed by atoms with van der Waals surface area (Å²) in [5, 5.41) is 19.4. The van der Waals surface area contributed by atoms with Gasteiger partial charge < -0.3 is 10.6 Å². The van der Waals surface area contributed by atoms with E-state index in [1.165, 1.54) is 23.0 Å². The number of hydrogen-bond donors (Lipinski definition) is 3. The van der Waals surface area contributed by atoms with Gasteiger partial charge >= 0.3 is 0 Å². The minimum Gasteiger partial charge on any atom is -0.344 e. The maximum atomic E-state index is 14.5. The number of unbranched alkanes of at least 4 members (excludes halogenated alkanes) is 1. The molecule has 0 radical (unpaired) electrons. The third-order valence-corrected chi connectivity index (χ3v) is 5.11. The number of halogens is 1. The van der Waals surface area contributed by atoms with Crippen molar-refractivity contribution in [2.75, 3.05) is 11.9 Å². The third kappa shape index (κ3) is 7.98. The van der Waals surface area contributed by atoms with E-state index in [9.17, 15) is 24.0 Å². The van der Waals surface area contributed by atoms with Crippen LogP contribution in [0.2, 0.25) is 0 Å². The Morgan fingerprint density at radius 1 is 1.30 bits per heavy atom. The van der Waals surface area contributed by atoms with E-state index in [4.69, 9.17) is 0 Å². The summed E-state index contributed by atoms with van der Waals surface area (Å²) in [6.07, 6.45) is 5.78. The summed E-state index contributed by atoms with van der Waals surface area (Å²) in [5.41, 5.74) is 0.494. The van der Waals surface area contributed by atoms with Crippen molar-refractivity contribution in [3.63, 3.8) is 0 Å². The van der Waals surface area contributed by atoms with Crippen LogP contribution in [0.3, 0.4) is 0 Å². The SMILES string of the molecule is CCCC[C@H](CN(O)C=O)C(=O)N[C@@H](CC(C)C)C(=O)Nc1ccc(-n2cccn2)c(F)c1. The molecule has 180 valence electrons. The molecule has 2 aromatic rings. The van der Waals surface area contributed by atoms with Crippen LogP contribution in [-0.4, -0.2) is 50.9 Å². The number of amides is 3. The first-order chi connectivity index (χ1) is 15.7. The average molecular weight is 462 g/mol. The Hall–Kier alpha value is -3.27. The Kier molecular flexibility index (Phi) is 9.99. The molecule has 9 nitrogen and oxygen atoms in total. The lowest BCUT2D eigenvalue weighted by Gasteiger charge is -2.24. The van der Waals surface area contributed by atoms with Crippen molar-refractivity contribution < 1.29 is 24.0 Å². The molecule has 0 spiro atoms. The predicted molar refractivity (Wildman–Crippen MR) is 121 cm³/mol. The molecule has 0 fully saturated rings. The van der Waals surface area contributed by atoms with Crippen molar-refractivity contribution >= 4 is 23.9 Å². The molecule has 0 aliphatic rings. The van der Waals surface area contributed by atoms with Gasteiger partial charge in [0, 0.05) is 18.1 Å². The molecule has 0 aliphatic heterocycles. The van der Waals surface area contributed by atoms with E-state index in [1.807, 2.05) is 20.8 Å². The molecule has 0 aliphatic carbocycles. The molecule has 33 heavy (non-hydrogen) atoms. The number of nitrogens with zero attached hydrogens (tertiary/aromatic N) is 3. The molecule has 2 atom stereocenters. The van der Waals surface area contributed by atoms with E-state index in [2.05, 4.69) is 15.7 Å². The Bertz CT molecular complexity index is 920. The highest BCUT2D eigenvalue weighted by Gasteiger charge is 2.27. The highest BCUT2D eigenvalue weighted by atomic mass is 19.1. The molecule has 1 aromatic heterocycles. The van der Waals surface area contributed by atoms with Gasteiger partial charge in [-0.15, -0.1) is 0 Å². The summed E-state index contributed by atoms with van der Waals surface area (Å²) >= 11 is 0. The molecular weight excluding hydrogens is 429 g/mol. The molecule has 0 bridgehead atoms. The number of rotatable bonds is 13. The lowest BCUT2D eigenvalue weighted by atomic mass is 9.98. The van der Waals surface area contributed by atoms with Crippen molar-refractivity contribution in [1.29, 1.82) is 0 Å². The lowest BCUT2D eigenvalue weighted by Crippen LogP contribution is -2.48. The van der Waals surface area contributed by atoms with Crippen LogP contribution >= 0.6 is 0 Å². The van der Waals surface area contributed by atoms with Crippen molar-refractivity contribution in [3.8, 4) is 5.69 Å². The van der Waals surface area contributed by atoms with E-state index in [0.717, 1.165) is 12.8 Å². The molecule has 1 aromatic carbocycles. The first-order valence-electron chi connectivity index (χ1n) is 11.1. The number of carbonyl (C=O) groups is 3. The number of hydrogen-bond acceptors (Lipinski definition) is 5. The van der Waals surface area contributed by atoms with Crippen LogP contribution in [0.15, 0.2) is 36.7 Å². The van der Waals surface area contributed by atoms with Crippen molar-refractivity contribution in [2.24, 2.45) is 11.8 Å². The smallest absolute Gasteiger partial charge is 0.246 e. The maximum absolute atomic E-state index is 14.5. The second-order valence-electron chi connectivity index (χ2n) is 8.36. The third-order valence-electron chi connectivity index (χ3n) is 5.11. The van der Waals surface area contributed by atoms with E-state index in [1.54, 1.807) is 18.3 Å².